The monoisotopic (exact) mass is 269 g/mol. The summed E-state index contributed by atoms with van der Waals surface area (Å²) in [7, 11) is 0. The largest absolute Gasteiger partial charge is 0.364 e. The number of primary amides is 1. The molecular formula is C14H11N3OS. The summed E-state index contributed by atoms with van der Waals surface area (Å²) < 4.78 is 0.988. The van der Waals surface area contributed by atoms with Crippen molar-refractivity contribution in [3.8, 4) is 0 Å². The fraction of sp³-hybridized carbons (Fsp3) is 0. The third kappa shape index (κ3) is 2.28. The number of carbonyl (C=O) groups is 1. The highest BCUT2D eigenvalue weighted by atomic mass is 32.1. The summed E-state index contributed by atoms with van der Waals surface area (Å²) >= 11 is 1.56. The SMILES string of the molecule is NC(=O)c1cc2sccc2c(Nc2ccccc2)n1. The Morgan fingerprint density at radius 1 is 1.21 bits per heavy atom. The quantitative estimate of drug-likeness (QED) is 0.767. The van der Waals surface area contributed by atoms with Gasteiger partial charge in [-0.15, -0.1) is 11.3 Å². The molecule has 0 saturated carbocycles. The van der Waals surface area contributed by atoms with Crippen molar-refractivity contribution in [1.29, 1.82) is 0 Å². The van der Waals surface area contributed by atoms with Gasteiger partial charge in [0.15, 0.2) is 0 Å². The Morgan fingerprint density at radius 3 is 2.74 bits per heavy atom. The molecule has 0 aliphatic rings. The fourth-order valence-corrected chi connectivity index (χ4v) is 2.67. The summed E-state index contributed by atoms with van der Waals surface area (Å²) in [5.41, 5.74) is 6.50. The fourth-order valence-electron chi connectivity index (χ4n) is 1.85. The predicted octanol–water partition coefficient (Wildman–Crippen LogP) is 3.14. The van der Waals surface area contributed by atoms with Gasteiger partial charge in [0.25, 0.3) is 5.91 Å². The maximum absolute atomic E-state index is 11.3. The van der Waals surface area contributed by atoms with E-state index in [1.165, 1.54) is 0 Å². The van der Waals surface area contributed by atoms with Crippen LogP contribution in [0.25, 0.3) is 10.1 Å². The van der Waals surface area contributed by atoms with Crippen LogP contribution in [0.5, 0.6) is 0 Å². The van der Waals surface area contributed by atoms with E-state index < -0.39 is 5.91 Å². The Bertz CT molecular complexity index is 737. The molecule has 0 atom stereocenters. The summed E-state index contributed by atoms with van der Waals surface area (Å²) in [6, 6.07) is 13.4. The van der Waals surface area contributed by atoms with Crippen LogP contribution in [-0.2, 0) is 0 Å². The average molecular weight is 269 g/mol. The normalized spacial score (nSPS) is 10.5. The molecule has 5 heteroatoms. The molecule has 0 fully saturated rings. The zero-order valence-corrected chi connectivity index (χ0v) is 10.8. The van der Waals surface area contributed by atoms with E-state index in [0.29, 0.717) is 5.82 Å². The van der Waals surface area contributed by atoms with Gasteiger partial charge in [-0.25, -0.2) is 4.98 Å². The number of hydrogen-bond donors (Lipinski definition) is 2. The summed E-state index contributed by atoms with van der Waals surface area (Å²) in [6.45, 7) is 0. The first-order valence-electron chi connectivity index (χ1n) is 5.74. The second kappa shape index (κ2) is 4.70. The number of anilines is 2. The lowest BCUT2D eigenvalue weighted by atomic mass is 10.2. The van der Waals surface area contributed by atoms with Crippen LogP contribution in [0, 0.1) is 0 Å². The van der Waals surface area contributed by atoms with Gasteiger partial charge in [0, 0.05) is 15.8 Å². The average Bonchev–Trinajstić information content (AvgIpc) is 2.88. The Labute approximate surface area is 113 Å². The first-order valence-corrected chi connectivity index (χ1v) is 6.62. The number of rotatable bonds is 3. The minimum absolute atomic E-state index is 0.272. The van der Waals surface area contributed by atoms with E-state index >= 15 is 0 Å². The van der Waals surface area contributed by atoms with Gasteiger partial charge in [0.2, 0.25) is 0 Å². The molecule has 0 spiro atoms. The molecule has 94 valence electrons. The molecule has 4 nitrogen and oxygen atoms in total. The minimum Gasteiger partial charge on any atom is -0.364 e. The van der Waals surface area contributed by atoms with Gasteiger partial charge in [-0.2, -0.15) is 0 Å². The second-order valence-corrected chi connectivity index (χ2v) is 4.99. The van der Waals surface area contributed by atoms with Gasteiger partial charge in [-0.05, 0) is 29.6 Å². The van der Waals surface area contributed by atoms with E-state index in [0.717, 1.165) is 15.8 Å². The van der Waals surface area contributed by atoms with Crippen molar-refractivity contribution >= 4 is 38.8 Å². The Morgan fingerprint density at radius 2 is 2.00 bits per heavy atom. The van der Waals surface area contributed by atoms with Crippen LogP contribution in [0.4, 0.5) is 11.5 Å². The Balaban J connectivity index is 2.11. The van der Waals surface area contributed by atoms with Crippen LogP contribution < -0.4 is 11.1 Å². The van der Waals surface area contributed by atoms with Gasteiger partial charge in [0.1, 0.15) is 11.5 Å². The third-order valence-electron chi connectivity index (χ3n) is 2.74. The standard InChI is InChI=1S/C14H11N3OS/c15-13(18)11-8-12-10(6-7-19-12)14(17-11)16-9-4-2-1-3-5-9/h1-8H,(H2,15,18)(H,16,17). The third-order valence-corrected chi connectivity index (χ3v) is 3.60. The van der Waals surface area contributed by atoms with Crippen molar-refractivity contribution in [2.24, 2.45) is 5.73 Å². The Kier molecular flexibility index (Phi) is 2.89. The molecular weight excluding hydrogens is 258 g/mol. The lowest BCUT2D eigenvalue weighted by molar-refractivity contribution is 0.0996. The van der Waals surface area contributed by atoms with Crippen LogP contribution in [0.3, 0.4) is 0 Å². The molecule has 1 aromatic carbocycles. The molecule has 0 saturated heterocycles. The smallest absolute Gasteiger partial charge is 0.267 e. The van der Waals surface area contributed by atoms with Crippen molar-refractivity contribution in [2.45, 2.75) is 0 Å². The zero-order chi connectivity index (χ0) is 13.2. The number of nitrogens with two attached hydrogens (primary N) is 1. The van der Waals surface area contributed by atoms with Gasteiger partial charge < -0.3 is 11.1 Å². The molecule has 0 unspecified atom stereocenters. The second-order valence-electron chi connectivity index (χ2n) is 4.04. The van der Waals surface area contributed by atoms with Crippen molar-refractivity contribution in [1.82, 2.24) is 4.98 Å². The molecule has 0 aliphatic carbocycles. The number of fused-ring (bicyclic) bond motifs is 1. The Hall–Kier alpha value is -2.40. The van der Waals surface area contributed by atoms with Crippen LogP contribution in [0.15, 0.2) is 47.8 Å². The van der Waals surface area contributed by atoms with Crippen molar-refractivity contribution < 1.29 is 4.79 Å². The van der Waals surface area contributed by atoms with Crippen molar-refractivity contribution in [3.05, 3.63) is 53.5 Å². The maximum atomic E-state index is 11.3. The summed E-state index contributed by atoms with van der Waals surface area (Å²) in [5.74, 6) is 0.130. The van der Waals surface area contributed by atoms with Gasteiger partial charge in [-0.1, -0.05) is 18.2 Å². The molecule has 0 bridgehead atoms. The summed E-state index contributed by atoms with van der Waals surface area (Å²) in [6.07, 6.45) is 0. The number of thiophene rings is 1. The lowest BCUT2D eigenvalue weighted by Gasteiger charge is -2.08. The first-order chi connectivity index (χ1) is 9.24. The zero-order valence-electron chi connectivity index (χ0n) is 9.96. The van der Waals surface area contributed by atoms with Crippen LogP contribution in [0.2, 0.25) is 0 Å². The summed E-state index contributed by atoms with van der Waals surface area (Å²) in [5, 5.41) is 6.17. The van der Waals surface area contributed by atoms with E-state index in [2.05, 4.69) is 10.3 Å². The predicted molar refractivity (Wildman–Crippen MR) is 77.9 cm³/mol. The van der Waals surface area contributed by atoms with E-state index in [1.807, 2.05) is 41.8 Å². The molecule has 3 N–H and O–H groups in total. The number of nitrogens with zero attached hydrogens (tertiary/aromatic N) is 1. The highest BCUT2D eigenvalue weighted by molar-refractivity contribution is 7.17. The maximum Gasteiger partial charge on any atom is 0.267 e. The lowest BCUT2D eigenvalue weighted by Crippen LogP contribution is -2.13. The molecule has 0 aliphatic heterocycles. The number of aromatic nitrogens is 1. The number of pyridine rings is 1. The number of para-hydroxylation sites is 1. The van der Waals surface area contributed by atoms with E-state index in [4.69, 9.17) is 5.73 Å². The molecule has 2 heterocycles. The van der Waals surface area contributed by atoms with Gasteiger partial charge in [0.05, 0.1) is 0 Å². The highest BCUT2D eigenvalue weighted by Crippen LogP contribution is 2.29. The minimum atomic E-state index is -0.522. The number of hydrogen-bond acceptors (Lipinski definition) is 4. The number of carbonyl (C=O) groups excluding carboxylic acids is 1. The number of benzene rings is 1. The van der Waals surface area contributed by atoms with Gasteiger partial charge >= 0.3 is 0 Å². The van der Waals surface area contributed by atoms with E-state index in [1.54, 1.807) is 17.4 Å². The number of amides is 1. The molecule has 0 radical (unpaired) electrons. The van der Waals surface area contributed by atoms with Gasteiger partial charge in [-0.3, -0.25) is 4.79 Å². The first kappa shape index (κ1) is 11.7. The molecule has 2 aromatic heterocycles. The van der Waals surface area contributed by atoms with E-state index in [9.17, 15) is 4.79 Å². The van der Waals surface area contributed by atoms with Crippen LogP contribution in [0.1, 0.15) is 10.5 Å². The molecule has 3 aromatic rings. The van der Waals surface area contributed by atoms with Crippen molar-refractivity contribution in [2.75, 3.05) is 5.32 Å². The highest BCUT2D eigenvalue weighted by Gasteiger charge is 2.10. The summed E-state index contributed by atoms with van der Waals surface area (Å²) in [4.78, 5) is 15.6. The molecule has 19 heavy (non-hydrogen) atoms. The number of nitrogens with one attached hydrogen (secondary N) is 1. The van der Waals surface area contributed by atoms with Crippen molar-refractivity contribution in [3.63, 3.8) is 0 Å². The van der Waals surface area contributed by atoms with Crippen LogP contribution in [-0.4, -0.2) is 10.9 Å². The van der Waals surface area contributed by atoms with Crippen LogP contribution >= 0.6 is 11.3 Å². The molecule has 1 amide bonds. The molecule has 3 rings (SSSR count). The topological polar surface area (TPSA) is 68.0 Å². The van der Waals surface area contributed by atoms with E-state index in [-0.39, 0.29) is 5.69 Å².